The van der Waals surface area contributed by atoms with Crippen LogP contribution >= 0.6 is 0 Å². The summed E-state index contributed by atoms with van der Waals surface area (Å²) in [4.78, 5) is 24.0. The van der Waals surface area contributed by atoms with Crippen molar-refractivity contribution in [2.75, 3.05) is 25.0 Å². The smallest absolute Gasteiger partial charge is 0.254 e. The molecule has 40 heavy (non-hydrogen) atoms. The molecule has 2 atom stereocenters. The number of nitrogens with one attached hydrogen (secondary N) is 1. The maximum atomic E-state index is 14.9. The molecule has 2 aromatic heterocycles. The predicted octanol–water partition coefficient (Wildman–Crippen LogP) is 6.63. The van der Waals surface area contributed by atoms with Crippen LogP contribution in [0.2, 0.25) is 0 Å². The van der Waals surface area contributed by atoms with Gasteiger partial charge in [-0.15, -0.1) is 0 Å². The van der Waals surface area contributed by atoms with Gasteiger partial charge in [0.1, 0.15) is 12.0 Å². The number of nitrogens with two attached hydrogens (primary N) is 1. The summed E-state index contributed by atoms with van der Waals surface area (Å²) < 4.78 is 31.5. The van der Waals surface area contributed by atoms with Gasteiger partial charge in [-0.25, -0.2) is 18.7 Å². The lowest BCUT2D eigenvalue weighted by Crippen LogP contribution is -2.40. The lowest BCUT2D eigenvalue weighted by molar-refractivity contribution is 0.0690. The number of hydrogen-bond acceptors (Lipinski definition) is 5. The molecular formula is C31H36F2N6O. The molecule has 0 bridgehead atoms. The minimum absolute atomic E-state index is 0.137. The van der Waals surface area contributed by atoms with Gasteiger partial charge in [-0.2, -0.15) is 0 Å². The molecule has 3 N–H and O–H groups in total. The molecule has 4 aromatic rings. The van der Waals surface area contributed by atoms with Crippen molar-refractivity contribution in [1.82, 2.24) is 19.3 Å². The number of nitrogens with zero attached hydrogens (tertiary/aromatic N) is 4. The molecule has 7 nitrogen and oxygen atoms in total. The van der Waals surface area contributed by atoms with Crippen LogP contribution in [0, 0.1) is 11.7 Å². The van der Waals surface area contributed by atoms with Gasteiger partial charge in [0.05, 0.1) is 11.9 Å². The predicted molar refractivity (Wildman–Crippen MR) is 154 cm³/mol. The molecule has 0 aliphatic carbocycles. The van der Waals surface area contributed by atoms with E-state index in [4.69, 9.17) is 5.73 Å². The highest BCUT2D eigenvalue weighted by Gasteiger charge is 2.26. The fourth-order valence-corrected chi connectivity index (χ4v) is 5.37. The third-order valence-corrected chi connectivity index (χ3v) is 8.08. The molecule has 210 valence electrons. The van der Waals surface area contributed by atoms with E-state index in [1.165, 1.54) is 6.92 Å². The molecule has 1 aliphatic heterocycles. The van der Waals surface area contributed by atoms with Gasteiger partial charge in [-0.3, -0.25) is 9.20 Å². The number of piperidine rings is 1. The zero-order valence-corrected chi connectivity index (χ0v) is 23.2. The Morgan fingerprint density at radius 3 is 2.58 bits per heavy atom. The molecule has 2 unspecified atom stereocenters. The van der Waals surface area contributed by atoms with Crippen LogP contribution in [0.1, 0.15) is 73.6 Å². The molecular weight excluding hydrogens is 510 g/mol. The highest BCUT2D eigenvalue weighted by molar-refractivity contribution is 5.96. The Labute approximate surface area is 233 Å². The number of carbonyl (C=O) groups excluding carboxylic acids is 1. The Kier molecular flexibility index (Phi) is 8.12. The van der Waals surface area contributed by atoms with Crippen molar-refractivity contribution < 1.29 is 13.6 Å². The number of alkyl halides is 1. The number of amides is 1. The van der Waals surface area contributed by atoms with E-state index in [1.807, 2.05) is 30.4 Å². The van der Waals surface area contributed by atoms with Crippen molar-refractivity contribution in [3.8, 4) is 11.3 Å². The lowest BCUT2D eigenvalue weighted by atomic mass is 9.95. The first kappa shape index (κ1) is 27.7. The van der Waals surface area contributed by atoms with E-state index in [9.17, 15) is 13.6 Å². The number of anilines is 2. The zero-order valence-electron chi connectivity index (χ0n) is 23.2. The van der Waals surface area contributed by atoms with Crippen molar-refractivity contribution in [1.29, 1.82) is 0 Å². The van der Waals surface area contributed by atoms with E-state index >= 15 is 0 Å². The van der Waals surface area contributed by atoms with E-state index in [0.29, 0.717) is 65.0 Å². The van der Waals surface area contributed by atoms with Gasteiger partial charge in [0.2, 0.25) is 0 Å². The zero-order chi connectivity index (χ0) is 28.4. The van der Waals surface area contributed by atoms with Crippen LogP contribution in [0.3, 0.4) is 0 Å². The van der Waals surface area contributed by atoms with Crippen LogP contribution < -0.4 is 11.1 Å². The summed E-state index contributed by atoms with van der Waals surface area (Å²) in [5, 5.41) is 3.24. The Morgan fingerprint density at radius 2 is 1.90 bits per heavy atom. The standard InChI is InChI=1S/C31H36F2N6O/c1-4-19(2)24-7-5-22(15-27(24)33)28-18-36-30-29(35-11-14-39(28)30)37-23-6-8-25(26(16-23)20(3)32)31(40)38-12-9-21(17-34)10-13-38/h5-8,11,14-16,18-21H,4,9-10,12-13,17,34H2,1-3H3,(H,35,37). The molecule has 3 heterocycles. The number of benzene rings is 2. The van der Waals surface area contributed by atoms with Crippen LogP contribution in [0.25, 0.3) is 16.9 Å². The van der Waals surface area contributed by atoms with Gasteiger partial charge >= 0.3 is 0 Å². The van der Waals surface area contributed by atoms with Crippen molar-refractivity contribution in [2.45, 2.75) is 52.1 Å². The minimum atomic E-state index is -1.34. The van der Waals surface area contributed by atoms with Crippen LogP contribution in [0.15, 0.2) is 55.0 Å². The first-order valence-corrected chi connectivity index (χ1v) is 14.0. The van der Waals surface area contributed by atoms with E-state index < -0.39 is 6.17 Å². The average Bonchev–Trinajstić information content (AvgIpc) is 3.41. The van der Waals surface area contributed by atoms with Crippen LogP contribution in [0.5, 0.6) is 0 Å². The number of aromatic nitrogens is 3. The Morgan fingerprint density at radius 1 is 1.12 bits per heavy atom. The first-order chi connectivity index (χ1) is 19.3. The number of rotatable bonds is 8. The minimum Gasteiger partial charge on any atom is -0.339 e. The summed E-state index contributed by atoms with van der Waals surface area (Å²) in [5.41, 5.74) is 9.74. The van der Waals surface area contributed by atoms with Gasteiger partial charge in [0.25, 0.3) is 5.91 Å². The second-order valence-corrected chi connectivity index (χ2v) is 10.7. The van der Waals surface area contributed by atoms with Gasteiger partial charge in [0, 0.05) is 47.9 Å². The second kappa shape index (κ2) is 11.7. The van der Waals surface area contributed by atoms with Crippen molar-refractivity contribution in [3.63, 3.8) is 0 Å². The fraction of sp³-hybridized carbons (Fsp3) is 0.387. The van der Waals surface area contributed by atoms with Gasteiger partial charge in [0.15, 0.2) is 11.5 Å². The second-order valence-electron chi connectivity index (χ2n) is 10.7. The summed E-state index contributed by atoms with van der Waals surface area (Å²) in [6.07, 6.45) is 6.33. The van der Waals surface area contributed by atoms with Gasteiger partial charge < -0.3 is 16.0 Å². The SMILES string of the molecule is CCC(C)c1ccc(-c2cnc3c(Nc4ccc(C(=O)N5CCC(CN)CC5)c(C(C)F)c4)nccn23)cc1F. The summed E-state index contributed by atoms with van der Waals surface area (Å²) in [6, 6.07) is 10.4. The highest BCUT2D eigenvalue weighted by atomic mass is 19.1. The topological polar surface area (TPSA) is 88.5 Å². The molecule has 5 rings (SSSR count). The van der Waals surface area contributed by atoms with E-state index in [0.717, 1.165) is 25.0 Å². The maximum Gasteiger partial charge on any atom is 0.254 e. The quantitative estimate of drug-likeness (QED) is 0.259. The normalized spacial score (nSPS) is 15.8. The fourth-order valence-electron chi connectivity index (χ4n) is 5.37. The Hall–Kier alpha value is -3.85. The molecule has 0 spiro atoms. The average molecular weight is 547 g/mol. The van der Waals surface area contributed by atoms with E-state index in [-0.39, 0.29) is 17.6 Å². The van der Waals surface area contributed by atoms with Crippen LogP contribution in [-0.2, 0) is 0 Å². The highest BCUT2D eigenvalue weighted by Crippen LogP contribution is 2.31. The van der Waals surface area contributed by atoms with Crippen molar-refractivity contribution in [3.05, 3.63) is 77.5 Å². The maximum absolute atomic E-state index is 14.9. The van der Waals surface area contributed by atoms with Crippen molar-refractivity contribution >= 4 is 23.1 Å². The molecule has 0 radical (unpaired) electrons. The molecule has 0 saturated carbocycles. The van der Waals surface area contributed by atoms with Crippen LogP contribution in [-0.4, -0.2) is 44.8 Å². The van der Waals surface area contributed by atoms with Crippen molar-refractivity contribution in [2.24, 2.45) is 11.7 Å². The third kappa shape index (κ3) is 5.43. The number of halogens is 2. The molecule has 9 heteroatoms. The van der Waals surface area contributed by atoms with Gasteiger partial charge in [-0.05, 0) is 74.4 Å². The summed E-state index contributed by atoms with van der Waals surface area (Å²) in [6.45, 7) is 7.35. The third-order valence-electron chi connectivity index (χ3n) is 8.08. The summed E-state index contributed by atoms with van der Waals surface area (Å²) >= 11 is 0. The molecule has 2 aromatic carbocycles. The number of carbonyl (C=O) groups is 1. The lowest BCUT2D eigenvalue weighted by Gasteiger charge is -2.32. The van der Waals surface area contributed by atoms with Crippen LogP contribution in [0.4, 0.5) is 20.3 Å². The summed E-state index contributed by atoms with van der Waals surface area (Å²) in [7, 11) is 0. The number of likely N-dealkylation sites (tertiary alicyclic amines) is 1. The molecule has 1 saturated heterocycles. The summed E-state index contributed by atoms with van der Waals surface area (Å²) in [5.74, 6) is 0.632. The van der Waals surface area contributed by atoms with E-state index in [2.05, 4.69) is 15.3 Å². The Balaban J connectivity index is 1.41. The number of fused-ring (bicyclic) bond motifs is 1. The molecule has 1 fully saturated rings. The molecule has 1 aliphatic rings. The largest absolute Gasteiger partial charge is 0.339 e. The van der Waals surface area contributed by atoms with E-state index in [1.54, 1.807) is 47.8 Å². The number of hydrogen-bond donors (Lipinski definition) is 2. The molecule has 1 amide bonds. The first-order valence-electron chi connectivity index (χ1n) is 14.0. The van der Waals surface area contributed by atoms with Gasteiger partial charge in [-0.1, -0.05) is 26.0 Å². The Bertz CT molecular complexity index is 1510. The number of imidazole rings is 1. The monoisotopic (exact) mass is 546 g/mol.